The van der Waals surface area contributed by atoms with Crippen LogP contribution in [-0.2, 0) is 0 Å². The van der Waals surface area contributed by atoms with Gasteiger partial charge in [-0.25, -0.2) is 8.78 Å². The van der Waals surface area contributed by atoms with Crippen LogP contribution in [0.15, 0.2) is 18.2 Å². The highest BCUT2D eigenvalue weighted by Crippen LogP contribution is 2.20. The first kappa shape index (κ1) is 13.1. The molecule has 1 aromatic carbocycles. The van der Waals surface area contributed by atoms with E-state index in [4.69, 9.17) is 0 Å². The summed E-state index contributed by atoms with van der Waals surface area (Å²) in [7, 11) is 5.23. The monoisotopic (exact) mass is 265 g/mol. The Hall–Kier alpha value is -2.31. The topological polar surface area (TPSA) is 53.9 Å². The quantitative estimate of drug-likeness (QED) is 0.919. The molecule has 7 heteroatoms. The van der Waals surface area contributed by atoms with Crippen molar-refractivity contribution >= 4 is 11.9 Å². The molecule has 1 heterocycles. The molecule has 5 nitrogen and oxygen atoms in total. The van der Waals surface area contributed by atoms with Gasteiger partial charge in [0.15, 0.2) is 17.5 Å². The Labute approximate surface area is 109 Å². The third-order valence-electron chi connectivity index (χ3n) is 2.43. The normalized spacial score (nSPS) is 10.4. The summed E-state index contributed by atoms with van der Waals surface area (Å²) in [5, 5.41) is 2.80. The SMILES string of the molecule is CNc1nc(-c2ccc(F)c(F)c2)nc(N(C)C)n1. The van der Waals surface area contributed by atoms with Gasteiger partial charge in [0.2, 0.25) is 11.9 Å². The molecule has 1 N–H and O–H groups in total. The standard InChI is InChI=1S/C12H13F2N5/c1-15-11-16-10(17-12(18-11)19(2)3)7-4-5-8(13)9(14)6-7/h4-6H,1-3H3,(H,15,16,17,18). The third-order valence-corrected chi connectivity index (χ3v) is 2.43. The summed E-state index contributed by atoms with van der Waals surface area (Å²) in [6, 6.07) is 3.53. The highest BCUT2D eigenvalue weighted by molar-refractivity contribution is 5.58. The average Bonchev–Trinajstić information content (AvgIpc) is 2.41. The van der Waals surface area contributed by atoms with Gasteiger partial charge in [0.05, 0.1) is 0 Å². The van der Waals surface area contributed by atoms with Gasteiger partial charge in [0, 0.05) is 26.7 Å². The van der Waals surface area contributed by atoms with Crippen molar-refractivity contribution in [3.8, 4) is 11.4 Å². The molecule has 0 aliphatic heterocycles. The van der Waals surface area contributed by atoms with Gasteiger partial charge in [-0.15, -0.1) is 0 Å². The Morgan fingerprint density at radius 3 is 2.37 bits per heavy atom. The van der Waals surface area contributed by atoms with E-state index in [2.05, 4.69) is 20.3 Å². The van der Waals surface area contributed by atoms with Gasteiger partial charge in [-0.1, -0.05) is 0 Å². The minimum Gasteiger partial charge on any atom is -0.357 e. The van der Waals surface area contributed by atoms with Crippen LogP contribution in [0.25, 0.3) is 11.4 Å². The highest BCUT2D eigenvalue weighted by atomic mass is 19.2. The molecule has 0 saturated carbocycles. The molecule has 2 rings (SSSR count). The highest BCUT2D eigenvalue weighted by Gasteiger charge is 2.11. The van der Waals surface area contributed by atoms with E-state index < -0.39 is 11.6 Å². The fourth-order valence-electron chi connectivity index (χ4n) is 1.44. The first-order valence-corrected chi connectivity index (χ1v) is 5.58. The number of nitrogens with one attached hydrogen (secondary N) is 1. The molecule has 0 saturated heterocycles. The predicted octanol–water partition coefficient (Wildman–Crippen LogP) is 1.92. The Bertz CT molecular complexity index is 601. The molecule has 19 heavy (non-hydrogen) atoms. The summed E-state index contributed by atoms with van der Waals surface area (Å²) >= 11 is 0. The first-order chi connectivity index (χ1) is 9.01. The lowest BCUT2D eigenvalue weighted by Gasteiger charge is -2.12. The second-order valence-corrected chi connectivity index (χ2v) is 4.06. The lowest BCUT2D eigenvalue weighted by molar-refractivity contribution is 0.509. The second-order valence-electron chi connectivity index (χ2n) is 4.06. The molecular weight excluding hydrogens is 252 g/mol. The molecule has 0 aliphatic rings. The molecule has 0 radical (unpaired) electrons. The molecule has 0 unspecified atom stereocenters. The van der Waals surface area contributed by atoms with Crippen molar-refractivity contribution in [3.05, 3.63) is 29.8 Å². The molecule has 0 amide bonds. The summed E-state index contributed by atoms with van der Waals surface area (Å²) in [6.45, 7) is 0. The van der Waals surface area contributed by atoms with Gasteiger partial charge in [-0.05, 0) is 18.2 Å². The number of rotatable bonds is 3. The number of aromatic nitrogens is 3. The number of benzene rings is 1. The molecular formula is C12H13F2N5. The van der Waals surface area contributed by atoms with Crippen molar-refractivity contribution in [1.82, 2.24) is 15.0 Å². The largest absolute Gasteiger partial charge is 0.357 e. The van der Waals surface area contributed by atoms with Crippen LogP contribution in [0.5, 0.6) is 0 Å². The Kier molecular flexibility index (Phi) is 3.55. The number of nitrogens with zero attached hydrogens (tertiary/aromatic N) is 4. The second kappa shape index (κ2) is 5.13. The Morgan fingerprint density at radius 1 is 1.05 bits per heavy atom. The minimum absolute atomic E-state index is 0.280. The van der Waals surface area contributed by atoms with E-state index in [9.17, 15) is 8.78 Å². The van der Waals surface area contributed by atoms with Crippen LogP contribution >= 0.6 is 0 Å². The van der Waals surface area contributed by atoms with Crippen LogP contribution in [0.2, 0.25) is 0 Å². The van der Waals surface area contributed by atoms with Crippen LogP contribution in [0.3, 0.4) is 0 Å². The van der Waals surface area contributed by atoms with Crippen LogP contribution in [0, 0.1) is 11.6 Å². The molecule has 0 aliphatic carbocycles. The lowest BCUT2D eigenvalue weighted by Crippen LogP contribution is -2.15. The van der Waals surface area contributed by atoms with E-state index in [-0.39, 0.29) is 5.82 Å². The van der Waals surface area contributed by atoms with Crippen LogP contribution < -0.4 is 10.2 Å². The number of hydrogen-bond donors (Lipinski definition) is 1. The first-order valence-electron chi connectivity index (χ1n) is 5.58. The zero-order chi connectivity index (χ0) is 14.0. The molecule has 0 fully saturated rings. The molecule has 1 aromatic heterocycles. The number of anilines is 2. The van der Waals surface area contributed by atoms with Crippen molar-refractivity contribution in [2.24, 2.45) is 0 Å². The molecule has 2 aromatic rings. The van der Waals surface area contributed by atoms with Gasteiger partial charge >= 0.3 is 0 Å². The molecule has 100 valence electrons. The zero-order valence-corrected chi connectivity index (χ0v) is 10.8. The summed E-state index contributed by atoms with van der Waals surface area (Å²) in [5.41, 5.74) is 0.390. The van der Waals surface area contributed by atoms with E-state index in [1.54, 1.807) is 26.0 Å². The van der Waals surface area contributed by atoms with Crippen molar-refractivity contribution in [2.45, 2.75) is 0 Å². The zero-order valence-electron chi connectivity index (χ0n) is 10.8. The van der Waals surface area contributed by atoms with Crippen LogP contribution in [0.1, 0.15) is 0 Å². The maximum Gasteiger partial charge on any atom is 0.230 e. The minimum atomic E-state index is -0.935. The van der Waals surface area contributed by atoms with Gasteiger partial charge in [-0.2, -0.15) is 15.0 Å². The van der Waals surface area contributed by atoms with E-state index in [0.29, 0.717) is 17.5 Å². The third kappa shape index (κ3) is 2.75. The number of hydrogen-bond acceptors (Lipinski definition) is 5. The van der Waals surface area contributed by atoms with Crippen LogP contribution in [-0.4, -0.2) is 36.1 Å². The summed E-state index contributed by atoms with van der Waals surface area (Å²) in [5.74, 6) is -0.769. The van der Waals surface area contributed by atoms with E-state index in [0.717, 1.165) is 12.1 Å². The maximum absolute atomic E-state index is 13.2. The van der Waals surface area contributed by atoms with Crippen molar-refractivity contribution in [2.75, 3.05) is 31.4 Å². The van der Waals surface area contributed by atoms with E-state index >= 15 is 0 Å². The van der Waals surface area contributed by atoms with Gasteiger partial charge in [-0.3, -0.25) is 0 Å². The Balaban J connectivity index is 2.54. The Morgan fingerprint density at radius 2 is 1.79 bits per heavy atom. The van der Waals surface area contributed by atoms with E-state index in [1.807, 2.05) is 0 Å². The van der Waals surface area contributed by atoms with Crippen molar-refractivity contribution in [1.29, 1.82) is 0 Å². The van der Waals surface area contributed by atoms with Gasteiger partial charge < -0.3 is 10.2 Å². The van der Waals surface area contributed by atoms with E-state index in [1.165, 1.54) is 6.07 Å². The average molecular weight is 265 g/mol. The fraction of sp³-hybridized carbons (Fsp3) is 0.250. The van der Waals surface area contributed by atoms with Crippen LogP contribution in [0.4, 0.5) is 20.7 Å². The summed E-state index contributed by atoms with van der Waals surface area (Å²) in [6.07, 6.45) is 0. The summed E-state index contributed by atoms with van der Waals surface area (Å²) in [4.78, 5) is 14.2. The van der Waals surface area contributed by atoms with Crippen molar-refractivity contribution < 1.29 is 8.78 Å². The molecule has 0 atom stereocenters. The van der Waals surface area contributed by atoms with Crippen molar-refractivity contribution in [3.63, 3.8) is 0 Å². The molecule has 0 bridgehead atoms. The van der Waals surface area contributed by atoms with Gasteiger partial charge in [0.25, 0.3) is 0 Å². The van der Waals surface area contributed by atoms with Gasteiger partial charge in [0.1, 0.15) is 0 Å². The number of halogens is 2. The lowest BCUT2D eigenvalue weighted by atomic mass is 10.2. The summed E-state index contributed by atoms with van der Waals surface area (Å²) < 4.78 is 26.2. The molecule has 0 spiro atoms. The fourth-order valence-corrected chi connectivity index (χ4v) is 1.44. The predicted molar refractivity (Wildman–Crippen MR) is 69.1 cm³/mol. The smallest absolute Gasteiger partial charge is 0.230 e. The maximum atomic E-state index is 13.2.